The molecule has 0 aliphatic heterocycles. The second kappa shape index (κ2) is 6.94. The molecule has 4 aromatic rings. The van der Waals surface area contributed by atoms with Crippen molar-refractivity contribution >= 4 is 33.8 Å². The molecule has 140 valence electrons. The molecule has 0 saturated carbocycles. The number of thiophene rings is 1. The fraction of sp³-hybridized carbons (Fsp3) is 0.0952. The van der Waals surface area contributed by atoms with Crippen LogP contribution in [0.15, 0.2) is 54.9 Å². The second-order valence-electron chi connectivity index (χ2n) is 6.48. The Bertz CT molecular complexity index is 1210. The van der Waals surface area contributed by atoms with Crippen molar-refractivity contribution in [1.29, 1.82) is 0 Å². The third-order valence-electron chi connectivity index (χ3n) is 4.65. The normalized spacial score (nSPS) is 10.9. The topological polar surface area (TPSA) is 89.5 Å². The van der Waals surface area contributed by atoms with Gasteiger partial charge in [-0.25, -0.2) is 4.98 Å². The molecule has 4 rings (SSSR count). The van der Waals surface area contributed by atoms with Crippen molar-refractivity contribution in [3.8, 4) is 11.3 Å². The number of aryl methyl sites for hydroxylation is 1. The SMILES string of the molecule is Cc1sc(NC(=O)c2ccn3cc(-c4ccccc4)nc3c2)c(C(N)=O)c1C. The van der Waals surface area contributed by atoms with Gasteiger partial charge in [0.15, 0.2) is 0 Å². The van der Waals surface area contributed by atoms with Gasteiger partial charge in [-0.1, -0.05) is 30.3 Å². The van der Waals surface area contributed by atoms with Crippen molar-refractivity contribution in [2.45, 2.75) is 13.8 Å². The van der Waals surface area contributed by atoms with Crippen LogP contribution in [0.1, 0.15) is 31.2 Å². The molecule has 0 spiro atoms. The quantitative estimate of drug-likeness (QED) is 0.551. The van der Waals surface area contributed by atoms with E-state index in [1.807, 2.05) is 54.8 Å². The Balaban J connectivity index is 1.65. The van der Waals surface area contributed by atoms with Crippen LogP contribution in [0.25, 0.3) is 16.9 Å². The van der Waals surface area contributed by atoms with Crippen molar-refractivity contribution < 1.29 is 9.59 Å². The summed E-state index contributed by atoms with van der Waals surface area (Å²) in [5.74, 6) is -0.858. The number of carbonyl (C=O) groups excluding carboxylic acids is 2. The van der Waals surface area contributed by atoms with E-state index in [2.05, 4.69) is 10.3 Å². The summed E-state index contributed by atoms with van der Waals surface area (Å²) >= 11 is 1.34. The molecular weight excluding hydrogens is 372 g/mol. The van der Waals surface area contributed by atoms with Gasteiger partial charge in [0.1, 0.15) is 10.6 Å². The third kappa shape index (κ3) is 3.16. The number of nitrogens with two attached hydrogens (primary N) is 1. The molecule has 0 bridgehead atoms. The Kier molecular flexibility index (Phi) is 4.44. The molecule has 0 unspecified atom stereocenters. The van der Waals surface area contributed by atoms with Gasteiger partial charge in [-0.3, -0.25) is 9.59 Å². The third-order valence-corrected chi connectivity index (χ3v) is 5.77. The second-order valence-corrected chi connectivity index (χ2v) is 7.70. The fourth-order valence-corrected chi connectivity index (χ4v) is 4.12. The maximum absolute atomic E-state index is 12.7. The molecular formula is C21H18N4O2S. The van der Waals surface area contributed by atoms with Gasteiger partial charge in [0.2, 0.25) is 0 Å². The zero-order valence-corrected chi connectivity index (χ0v) is 16.2. The first kappa shape index (κ1) is 17.9. The summed E-state index contributed by atoms with van der Waals surface area (Å²) in [4.78, 5) is 30.0. The summed E-state index contributed by atoms with van der Waals surface area (Å²) in [6.07, 6.45) is 3.72. The number of amides is 2. The van der Waals surface area contributed by atoms with E-state index < -0.39 is 5.91 Å². The van der Waals surface area contributed by atoms with E-state index in [1.165, 1.54) is 11.3 Å². The van der Waals surface area contributed by atoms with E-state index >= 15 is 0 Å². The maximum Gasteiger partial charge on any atom is 0.256 e. The lowest BCUT2D eigenvalue weighted by atomic mass is 10.1. The van der Waals surface area contributed by atoms with Gasteiger partial charge in [0, 0.05) is 28.4 Å². The van der Waals surface area contributed by atoms with Crippen LogP contribution < -0.4 is 11.1 Å². The van der Waals surface area contributed by atoms with Crippen LogP contribution in [0.2, 0.25) is 0 Å². The van der Waals surface area contributed by atoms with E-state index in [-0.39, 0.29) is 5.91 Å². The Morgan fingerprint density at radius 1 is 1.14 bits per heavy atom. The average molecular weight is 390 g/mol. The lowest BCUT2D eigenvalue weighted by Crippen LogP contribution is -2.17. The fourth-order valence-electron chi connectivity index (χ4n) is 3.06. The van der Waals surface area contributed by atoms with Crippen molar-refractivity contribution in [3.05, 3.63) is 76.4 Å². The highest BCUT2D eigenvalue weighted by molar-refractivity contribution is 7.16. The van der Waals surface area contributed by atoms with Crippen molar-refractivity contribution in [3.63, 3.8) is 0 Å². The van der Waals surface area contributed by atoms with E-state index in [1.54, 1.807) is 18.3 Å². The molecule has 0 saturated heterocycles. The molecule has 0 atom stereocenters. The number of hydrogen-bond acceptors (Lipinski definition) is 4. The number of aromatic nitrogens is 2. The van der Waals surface area contributed by atoms with Crippen LogP contribution in [0.3, 0.4) is 0 Å². The van der Waals surface area contributed by atoms with E-state index in [4.69, 9.17) is 5.73 Å². The van der Waals surface area contributed by atoms with Crippen LogP contribution in [-0.2, 0) is 0 Å². The van der Waals surface area contributed by atoms with Crippen molar-refractivity contribution in [1.82, 2.24) is 9.38 Å². The van der Waals surface area contributed by atoms with Crippen molar-refractivity contribution in [2.75, 3.05) is 5.32 Å². The van der Waals surface area contributed by atoms with Gasteiger partial charge in [-0.2, -0.15) is 0 Å². The first-order valence-corrected chi connectivity index (χ1v) is 9.51. The maximum atomic E-state index is 12.7. The number of rotatable bonds is 4. The van der Waals surface area contributed by atoms with E-state index in [9.17, 15) is 9.59 Å². The number of nitrogens with zero attached hydrogens (tertiary/aromatic N) is 2. The van der Waals surface area contributed by atoms with Gasteiger partial charge in [0.25, 0.3) is 11.8 Å². The molecule has 2 amide bonds. The minimum atomic E-state index is -0.548. The zero-order valence-electron chi connectivity index (χ0n) is 15.4. The van der Waals surface area contributed by atoms with Gasteiger partial charge < -0.3 is 15.5 Å². The lowest BCUT2D eigenvalue weighted by Gasteiger charge is -2.05. The molecule has 0 radical (unpaired) electrons. The molecule has 3 aromatic heterocycles. The number of primary amides is 1. The largest absolute Gasteiger partial charge is 0.365 e. The highest BCUT2D eigenvalue weighted by Crippen LogP contribution is 2.32. The molecule has 3 N–H and O–H groups in total. The van der Waals surface area contributed by atoms with Crippen LogP contribution in [0.4, 0.5) is 5.00 Å². The molecule has 6 nitrogen and oxygen atoms in total. The monoisotopic (exact) mass is 390 g/mol. The molecule has 3 heterocycles. The number of nitrogens with one attached hydrogen (secondary N) is 1. The van der Waals surface area contributed by atoms with E-state index in [0.717, 1.165) is 21.7 Å². The Morgan fingerprint density at radius 3 is 2.61 bits per heavy atom. The Morgan fingerprint density at radius 2 is 1.89 bits per heavy atom. The first-order chi connectivity index (χ1) is 13.4. The molecule has 1 aromatic carbocycles. The Hall–Kier alpha value is -3.45. The predicted octanol–water partition coefficient (Wildman–Crippen LogP) is 4.03. The number of carbonyl (C=O) groups is 2. The van der Waals surface area contributed by atoms with Crippen LogP contribution >= 0.6 is 11.3 Å². The van der Waals surface area contributed by atoms with Gasteiger partial charge in [-0.05, 0) is 31.5 Å². The number of benzene rings is 1. The minimum absolute atomic E-state index is 0.310. The smallest absolute Gasteiger partial charge is 0.256 e. The number of anilines is 1. The first-order valence-electron chi connectivity index (χ1n) is 8.69. The summed E-state index contributed by atoms with van der Waals surface area (Å²) in [5.41, 5.74) is 9.60. The van der Waals surface area contributed by atoms with Gasteiger partial charge in [0.05, 0.1) is 11.3 Å². The van der Waals surface area contributed by atoms with Crippen LogP contribution in [0.5, 0.6) is 0 Å². The number of pyridine rings is 1. The Labute approximate surface area is 165 Å². The number of hydrogen-bond donors (Lipinski definition) is 2. The molecule has 0 aliphatic rings. The van der Waals surface area contributed by atoms with Crippen LogP contribution in [-0.4, -0.2) is 21.2 Å². The zero-order chi connectivity index (χ0) is 19.8. The average Bonchev–Trinajstić information content (AvgIpc) is 3.22. The summed E-state index contributed by atoms with van der Waals surface area (Å²) in [6, 6.07) is 13.3. The number of fused-ring (bicyclic) bond motifs is 1. The molecule has 0 fully saturated rings. The lowest BCUT2D eigenvalue weighted by molar-refractivity contribution is 0.100. The van der Waals surface area contributed by atoms with Gasteiger partial charge in [-0.15, -0.1) is 11.3 Å². The minimum Gasteiger partial charge on any atom is -0.365 e. The summed E-state index contributed by atoms with van der Waals surface area (Å²) in [6.45, 7) is 3.72. The number of imidazole rings is 1. The summed E-state index contributed by atoms with van der Waals surface area (Å²) in [5, 5.41) is 3.29. The molecule has 28 heavy (non-hydrogen) atoms. The highest BCUT2D eigenvalue weighted by Gasteiger charge is 2.19. The van der Waals surface area contributed by atoms with Crippen LogP contribution in [0, 0.1) is 13.8 Å². The summed E-state index contributed by atoms with van der Waals surface area (Å²) in [7, 11) is 0. The van der Waals surface area contributed by atoms with Crippen molar-refractivity contribution in [2.24, 2.45) is 5.73 Å². The predicted molar refractivity (Wildman–Crippen MR) is 111 cm³/mol. The van der Waals surface area contributed by atoms with Gasteiger partial charge >= 0.3 is 0 Å². The highest BCUT2D eigenvalue weighted by atomic mass is 32.1. The summed E-state index contributed by atoms with van der Waals surface area (Å²) < 4.78 is 1.87. The molecule has 0 aliphatic carbocycles. The molecule has 7 heteroatoms. The van der Waals surface area contributed by atoms with E-state index in [0.29, 0.717) is 21.8 Å². The standard InChI is InChI=1S/C21H18N4O2S/c1-12-13(2)28-21(18(12)19(22)26)24-20(27)15-8-9-25-11-16(23-17(25)10-15)14-6-4-3-5-7-14/h3-11H,1-2H3,(H2,22,26)(H,24,27).